The number of nitrogens with zero attached hydrogens (tertiary/aromatic N) is 2. The molecule has 32 heavy (non-hydrogen) atoms. The number of hydrogen-bond acceptors (Lipinski definition) is 5. The Morgan fingerprint density at radius 3 is 2.34 bits per heavy atom. The summed E-state index contributed by atoms with van der Waals surface area (Å²) in [6, 6.07) is 15.3. The van der Waals surface area contributed by atoms with E-state index in [9.17, 15) is 9.59 Å². The molecule has 1 fully saturated rings. The molecule has 1 aliphatic rings. The summed E-state index contributed by atoms with van der Waals surface area (Å²) in [6.45, 7) is 0. The van der Waals surface area contributed by atoms with Gasteiger partial charge in [0.05, 0.1) is 0 Å². The average molecular weight is 470 g/mol. The zero-order valence-electron chi connectivity index (χ0n) is 17.5. The van der Waals surface area contributed by atoms with Crippen LogP contribution >= 0.6 is 22.9 Å². The number of carbonyl (C=O) groups is 2. The third-order valence-electron chi connectivity index (χ3n) is 5.91. The number of benzene rings is 2. The van der Waals surface area contributed by atoms with E-state index in [4.69, 9.17) is 16.7 Å². The highest BCUT2D eigenvalue weighted by atomic mass is 35.5. The molecule has 0 atom stereocenters. The number of rotatable bonds is 7. The summed E-state index contributed by atoms with van der Waals surface area (Å²) in [6.07, 6.45) is 4.76. The molecule has 0 bridgehead atoms. The largest absolute Gasteiger partial charge is 0.481 e. The Kier molecular flexibility index (Phi) is 7.17. The highest BCUT2D eigenvalue weighted by Gasteiger charge is 2.24. The Bertz CT molecular complexity index is 1070. The number of nitrogens with one attached hydrogen (secondary N) is 1. The third-order valence-corrected chi connectivity index (χ3v) is 7.00. The molecule has 1 amide bonds. The maximum absolute atomic E-state index is 12.6. The van der Waals surface area contributed by atoms with Gasteiger partial charge in [-0.25, -0.2) is 0 Å². The maximum atomic E-state index is 12.6. The summed E-state index contributed by atoms with van der Waals surface area (Å²) in [5, 5.41) is 22.0. The molecule has 0 radical (unpaired) electrons. The number of hydrogen-bond donors (Lipinski definition) is 2. The first kappa shape index (κ1) is 22.4. The maximum Gasteiger partial charge on any atom is 0.303 e. The van der Waals surface area contributed by atoms with Crippen molar-refractivity contribution in [2.45, 2.75) is 44.4 Å². The molecule has 0 aliphatic heterocycles. The van der Waals surface area contributed by atoms with E-state index in [0.717, 1.165) is 36.3 Å². The molecule has 166 valence electrons. The molecule has 6 nitrogen and oxygen atoms in total. The minimum absolute atomic E-state index is 0.212. The second-order valence-electron chi connectivity index (χ2n) is 8.20. The molecule has 4 rings (SSSR count). The number of amides is 1. The van der Waals surface area contributed by atoms with Crippen molar-refractivity contribution < 1.29 is 14.7 Å². The summed E-state index contributed by atoms with van der Waals surface area (Å²) in [7, 11) is 0. The highest BCUT2D eigenvalue weighted by molar-refractivity contribution is 7.15. The lowest BCUT2D eigenvalue weighted by molar-refractivity contribution is -0.138. The molecule has 1 heterocycles. The van der Waals surface area contributed by atoms with Gasteiger partial charge in [-0.2, -0.15) is 0 Å². The van der Waals surface area contributed by atoms with E-state index in [-0.39, 0.29) is 18.2 Å². The van der Waals surface area contributed by atoms with Gasteiger partial charge >= 0.3 is 5.97 Å². The minimum Gasteiger partial charge on any atom is -0.481 e. The van der Waals surface area contributed by atoms with Gasteiger partial charge in [0.2, 0.25) is 5.13 Å². The molecule has 2 N–H and O–H groups in total. The van der Waals surface area contributed by atoms with E-state index in [1.807, 2.05) is 48.5 Å². The minimum atomic E-state index is -0.712. The molecular formula is C24H24ClN3O3S. The molecule has 1 aliphatic carbocycles. The number of aromatic nitrogens is 2. The Hall–Kier alpha value is -2.77. The summed E-state index contributed by atoms with van der Waals surface area (Å²) in [5.41, 5.74) is 2.86. The number of halogens is 1. The predicted molar refractivity (Wildman–Crippen MR) is 126 cm³/mol. The number of aliphatic carboxylic acids is 1. The van der Waals surface area contributed by atoms with Gasteiger partial charge in [0.25, 0.3) is 5.91 Å². The fourth-order valence-corrected chi connectivity index (χ4v) is 5.07. The highest BCUT2D eigenvalue weighted by Crippen LogP contribution is 2.37. The van der Waals surface area contributed by atoms with Gasteiger partial charge in [-0.3, -0.25) is 14.9 Å². The van der Waals surface area contributed by atoms with E-state index in [0.29, 0.717) is 28.1 Å². The summed E-state index contributed by atoms with van der Waals surface area (Å²) in [4.78, 5) is 23.5. The topological polar surface area (TPSA) is 92.2 Å². The lowest BCUT2D eigenvalue weighted by Gasteiger charge is -2.28. The first-order chi connectivity index (χ1) is 15.5. The number of anilines is 1. The molecular weight excluding hydrogens is 446 g/mol. The van der Waals surface area contributed by atoms with Crippen LogP contribution < -0.4 is 5.32 Å². The Balaban J connectivity index is 1.31. The molecule has 3 aromatic rings. The number of carbonyl (C=O) groups excluding carboxylic acids is 1. The van der Waals surface area contributed by atoms with Crippen molar-refractivity contribution in [2.24, 2.45) is 5.92 Å². The van der Waals surface area contributed by atoms with Gasteiger partial charge in [0, 0.05) is 23.4 Å². The van der Waals surface area contributed by atoms with E-state index in [1.54, 1.807) is 0 Å². The third kappa shape index (κ3) is 5.93. The van der Waals surface area contributed by atoms with Crippen LogP contribution in [0, 0.1) is 5.92 Å². The van der Waals surface area contributed by atoms with E-state index in [2.05, 4.69) is 15.5 Å². The zero-order valence-corrected chi connectivity index (χ0v) is 19.0. The average Bonchev–Trinajstić information content (AvgIpc) is 3.22. The zero-order chi connectivity index (χ0) is 22.5. The van der Waals surface area contributed by atoms with Gasteiger partial charge in [-0.1, -0.05) is 47.2 Å². The lowest BCUT2D eigenvalue weighted by atomic mass is 9.77. The van der Waals surface area contributed by atoms with Crippen LogP contribution in [0.15, 0.2) is 48.5 Å². The van der Waals surface area contributed by atoms with Gasteiger partial charge < -0.3 is 5.11 Å². The monoisotopic (exact) mass is 469 g/mol. The quantitative estimate of drug-likeness (QED) is 0.457. The second kappa shape index (κ2) is 10.2. The predicted octanol–water partition coefficient (Wildman–Crippen LogP) is 5.78. The number of carboxylic acids is 1. The normalized spacial score (nSPS) is 18.3. The van der Waals surface area contributed by atoms with Crippen molar-refractivity contribution in [3.8, 4) is 0 Å². The van der Waals surface area contributed by atoms with Crippen molar-refractivity contribution in [3.05, 3.63) is 75.3 Å². The van der Waals surface area contributed by atoms with Crippen LogP contribution in [-0.2, 0) is 11.2 Å². The molecule has 0 unspecified atom stereocenters. The van der Waals surface area contributed by atoms with Crippen LogP contribution in [0.25, 0.3) is 0 Å². The van der Waals surface area contributed by atoms with Crippen LogP contribution in [0.1, 0.15) is 64.5 Å². The summed E-state index contributed by atoms with van der Waals surface area (Å²) in [5.74, 6) is -0.215. The van der Waals surface area contributed by atoms with Crippen molar-refractivity contribution in [1.29, 1.82) is 0 Å². The van der Waals surface area contributed by atoms with Gasteiger partial charge in [0.15, 0.2) is 0 Å². The van der Waals surface area contributed by atoms with Gasteiger partial charge in [-0.05, 0) is 72.9 Å². The fourth-order valence-electron chi connectivity index (χ4n) is 4.18. The van der Waals surface area contributed by atoms with Crippen molar-refractivity contribution in [1.82, 2.24) is 10.2 Å². The number of carboxylic acid groups (broad SMARTS) is 1. The Morgan fingerprint density at radius 2 is 1.69 bits per heavy atom. The van der Waals surface area contributed by atoms with E-state index >= 15 is 0 Å². The molecule has 1 aromatic heterocycles. The van der Waals surface area contributed by atoms with Crippen molar-refractivity contribution in [3.63, 3.8) is 0 Å². The van der Waals surface area contributed by atoms with Crippen molar-refractivity contribution >= 4 is 39.9 Å². The van der Waals surface area contributed by atoms with Crippen LogP contribution in [0.3, 0.4) is 0 Å². The van der Waals surface area contributed by atoms with E-state index < -0.39 is 5.97 Å². The summed E-state index contributed by atoms with van der Waals surface area (Å²) < 4.78 is 0. The molecule has 2 aromatic carbocycles. The van der Waals surface area contributed by atoms with Crippen LogP contribution in [0.2, 0.25) is 5.02 Å². The van der Waals surface area contributed by atoms with Crippen LogP contribution in [0.5, 0.6) is 0 Å². The standard InChI is InChI=1S/C24H24ClN3O3S/c25-20-11-3-15(4-12-20)13-21-27-28-24(32-21)26-23(31)19-9-7-18(8-10-19)17-5-1-16(2-6-17)14-22(29)30/h3-4,7-12,16-17H,1-2,5-6,13-14H2,(H,29,30)(H,26,28,31). The summed E-state index contributed by atoms with van der Waals surface area (Å²) >= 11 is 7.27. The smallest absolute Gasteiger partial charge is 0.303 e. The molecule has 1 saturated carbocycles. The van der Waals surface area contributed by atoms with E-state index in [1.165, 1.54) is 16.9 Å². The lowest BCUT2D eigenvalue weighted by Crippen LogP contribution is -2.16. The Morgan fingerprint density at radius 1 is 1.00 bits per heavy atom. The fraction of sp³-hybridized carbons (Fsp3) is 0.333. The van der Waals surface area contributed by atoms with Gasteiger partial charge in [-0.15, -0.1) is 10.2 Å². The second-order valence-corrected chi connectivity index (χ2v) is 9.69. The molecule has 0 saturated heterocycles. The first-order valence-electron chi connectivity index (χ1n) is 10.7. The molecule has 0 spiro atoms. The van der Waals surface area contributed by atoms with Crippen LogP contribution in [0.4, 0.5) is 5.13 Å². The van der Waals surface area contributed by atoms with Gasteiger partial charge in [0.1, 0.15) is 5.01 Å². The Labute approximate surface area is 195 Å². The van der Waals surface area contributed by atoms with Crippen molar-refractivity contribution in [2.75, 3.05) is 5.32 Å². The van der Waals surface area contributed by atoms with Crippen LogP contribution in [-0.4, -0.2) is 27.2 Å². The first-order valence-corrected chi connectivity index (χ1v) is 11.9. The molecule has 8 heteroatoms. The SMILES string of the molecule is O=C(O)CC1CCC(c2ccc(C(=O)Nc3nnc(Cc4ccc(Cl)cc4)s3)cc2)CC1.